The van der Waals surface area contributed by atoms with Gasteiger partial charge in [0.1, 0.15) is 11.8 Å². The van der Waals surface area contributed by atoms with Crippen LogP contribution in [-0.4, -0.2) is 38.5 Å². The average molecular weight is 483 g/mol. The molecule has 11 heteroatoms. The monoisotopic (exact) mass is 483 g/mol. The molecule has 180 valence electrons. The van der Waals surface area contributed by atoms with E-state index < -0.39 is 47.2 Å². The fourth-order valence-electron chi connectivity index (χ4n) is 4.29. The van der Waals surface area contributed by atoms with E-state index in [0.717, 1.165) is 6.07 Å². The second kappa shape index (κ2) is 8.86. The molecule has 4 rings (SSSR count). The average Bonchev–Trinajstić information content (AvgIpc) is 2.81. The molecule has 0 radical (unpaired) electrons. The lowest BCUT2D eigenvalue weighted by Crippen LogP contribution is -2.47. The third kappa shape index (κ3) is 4.56. The molecule has 1 saturated heterocycles. The molecule has 1 unspecified atom stereocenters. The van der Waals surface area contributed by atoms with Crippen LogP contribution in [0.5, 0.6) is 0 Å². The van der Waals surface area contributed by atoms with E-state index in [1.54, 1.807) is 6.07 Å². The summed E-state index contributed by atoms with van der Waals surface area (Å²) in [6.07, 6.45) is -7.41. The standard InChI is InChI=1S/C23H19F6N3O2/c24-22(25,26)16-7-3-6-14-15(11-18(23(27,28)29)31-19(14)16)20(33)17-8-1-2-10-32(17)21(34)13-5-4-9-30-12-13/h3-7,9,11-12,17,20,33H,1-2,8,10H2/t17?,20-/m0/s1. The number of likely N-dealkylation sites (tertiary alicyclic amines) is 1. The molecule has 34 heavy (non-hydrogen) atoms. The van der Waals surface area contributed by atoms with Crippen LogP contribution in [0.3, 0.4) is 0 Å². The van der Waals surface area contributed by atoms with E-state index >= 15 is 0 Å². The molecule has 1 aliphatic heterocycles. The summed E-state index contributed by atoms with van der Waals surface area (Å²) in [5.74, 6) is -0.470. The van der Waals surface area contributed by atoms with Crippen LogP contribution < -0.4 is 0 Å². The van der Waals surface area contributed by atoms with Gasteiger partial charge >= 0.3 is 12.4 Å². The van der Waals surface area contributed by atoms with Crippen molar-refractivity contribution in [1.29, 1.82) is 0 Å². The highest BCUT2D eigenvalue weighted by Crippen LogP contribution is 2.41. The van der Waals surface area contributed by atoms with E-state index in [0.29, 0.717) is 25.0 Å². The lowest BCUT2D eigenvalue weighted by molar-refractivity contribution is -0.142. The van der Waals surface area contributed by atoms with E-state index in [2.05, 4.69) is 9.97 Å². The number of piperidine rings is 1. The van der Waals surface area contributed by atoms with Crippen molar-refractivity contribution >= 4 is 16.8 Å². The molecule has 1 fully saturated rings. The number of nitrogens with zero attached hydrogens (tertiary/aromatic N) is 3. The number of amides is 1. The van der Waals surface area contributed by atoms with Crippen LogP contribution in [0.2, 0.25) is 0 Å². The van der Waals surface area contributed by atoms with Gasteiger partial charge in [0.05, 0.1) is 22.7 Å². The number of fused-ring (bicyclic) bond motifs is 1. The summed E-state index contributed by atoms with van der Waals surface area (Å²) in [4.78, 5) is 21.5. The fourth-order valence-corrected chi connectivity index (χ4v) is 4.29. The zero-order valence-corrected chi connectivity index (χ0v) is 17.6. The van der Waals surface area contributed by atoms with Crippen LogP contribution in [-0.2, 0) is 12.4 Å². The van der Waals surface area contributed by atoms with E-state index in [1.807, 2.05) is 0 Å². The quantitative estimate of drug-likeness (QED) is 0.507. The molecule has 0 saturated carbocycles. The van der Waals surface area contributed by atoms with Gasteiger partial charge in [-0.3, -0.25) is 9.78 Å². The number of hydrogen-bond acceptors (Lipinski definition) is 4. The molecule has 3 aromatic rings. The molecule has 2 aromatic heterocycles. The van der Waals surface area contributed by atoms with Crippen LogP contribution in [0.15, 0.2) is 48.8 Å². The number of pyridine rings is 2. The molecule has 1 aromatic carbocycles. The first-order valence-electron chi connectivity index (χ1n) is 10.5. The summed E-state index contributed by atoms with van der Waals surface area (Å²) < 4.78 is 81.3. The van der Waals surface area contributed by atoms with Gasteiger partial charge in [-0.05, 0) is 49.1 Å². The smallest absolute Gasteiger partial charge is 0.386 e. The normalized spacial score (nSPS) is 18.2. The second-order valence-electron chi connectivity index (χ2n) is 8.04. The van der Waals surface area contributed by atoms with Crippen LogP contribution in [0.1, 0.15) is 52.5 Å². The van der Waals surface area contributed by atoms with Crippen molar-refractivity contribution in [1.82, 2.24) is 14.9 Å². The highest BCUT2D eigenvalue weighted by atomic mass is 19.4. The van der Waals surface area contributed by atoms with Gasteiger partial charge in [0.2, 0.25) is 0 Å². The first kappa shape index (κ1) is 23.9. The molecule has 1 amide bonds. The Hall–Kier alpha value is -3.21. The molecule has 0 spiro atoms. The largest absolute Gasteiger partial charge is 0.433 e. The highest BCUT2D eigenvalue weighted by Gasteiger charge is 2.40. The zero-order chi connectivity index (χ0) is 24.7. The van der Waals surface area contributed by atoms with Gasteiger partial charge < -0.3 is 10.0 Å². The molecule has 1 aliphatic rings. The number of aromatic nitrogens is 2. The van der Waals surface area contributed by atoms with Gasteiger partial charge in [-0.2, -0.15) is 26.3 Å². The summed E-state index contributed by atoms with van der Waals surface area (Å²) in [6, 6.07) is 5.57. The number of aliphatic hydroxyl groups is 1. The predicted molar refractivity (Wildman–Crippen MR) is 110 cm³/mol. The molecule has 1 N–H and O–H groups in total. The van der Waals surface area contributed by atoms with Crippen molar-refractivity contribution in [3.05, 3.63) is 71.2 Å². The van der Waals surface area contributed by atoms with Crippen LogP contribution >= 0.6 is 0 Å². The highest BCUT2D eigenvalue weighted by molar-refractivity contribution is 5.94. The van der Waals surface area contributed by atoms with Crippen molar-refractivity contribution in [2.75, 3.05) is 6.54 Å². The van der Waals surface area contributed by atoms with Gasteiger partial charge in [-0.1, -0.05) is 12.1 Å². The first-order valence-corrected chi connectivity index (χ1v) is 10.5. The molecule has 0 bridgehead atoms. The number of halogens is 6. The van der Waals surface area contributed by atoms with Crippen LogP contribution in [0, 0.1) is 0 Å². The Kier molecular flexibility index (Phi) is 6.24. The molecular weight excluding hydrogens is 464 g/mol. The number of alkyl halides is 6. The van der Waals surface area contributed by atoms with Crippen LogP contribution in [0.4, 0.5) is 26.3 Å². The van der Waals surface area contributed by atoms with Crippen molar-refractivity contribution in [3.8, 4) is 0 Å². The van der Waals surface area contributed by atoms with E-state index in [9.17, 15) is 36.2 Å². The molecule has 0 aliphatic carbocycles. The predicted octanol–water partition coefficient (Wildman–Crippen LogP) is 5.40. The van der Waals surface area contributed by atoms with Gasteiger partial charge in [0.15, 0.2) is 0 Å². The summed E-state index contributed by atoms with van der Waals surface area (Å²) in [6.45, 7) is 0.235. The number of carbonyl (C=O) groups is 1. The maximum absolute atomic E-state index is 13.6. The number of benzene rings is 1. The Balaban J connectivity index is 1.85. The van der Waals surface area contributed by atoms with Crippen molar-refractivity contribution in [2.24, 2.45) is 0 Å². The SMILES string of the molecule is O=C(c1cccnc1)N1CCCCC1[C@@H](O)c1cc(C(F)(F)F)nc2c(C(F)(F)F)cccc12. The molecule has 5 nitrogen and oxygen atoms in total. The molecule has 3 heterocycles. The zero-order valence-electron chi connectivity index (χ0n) is 17.6. The Morgan fingerprint density at radius 2 is 1.82 bits per heavy atom. The van der Waals surface area contributed by atoms with Crippen molar-refractivity contribution in [2.45, 2.75) is 43.8 Å². The Labute approximate surface area is 190 Å². The second-order valence-corrected chi connectivity index (χ2v) is 8.04. The Bertz CT molecular complexity index is 1200. The summed E-state index contributed by atoms with van der Waals surface area (Å²) in [5.41, 5.74) is -3.92. The van der Waals surface area contributed by atoms with Gasteiger partial charge in [-0.25, -0.2) is 4.98 Å². The van der Waals surface area contributed by atoms with Crippen molar-refractivity contribution < 1.29 is 36.2 Å². The van der Waals surface area contributed by atoms with E-state index in [4.69, 9.17) is 0 Å². The van der Waals surface area contributed by atoms with Gasteiger partial charge in [-0.15, -0.1) is 0 Å². The Morgan fingerprint density at radius 1 is 1.06 bits per heavy atom. The number of para-hydroxylation sites is 1. The lowest BCUT2D eigenvalue weighted by Gasteiger charge is -2.39. The summed E-state index contributed by atoms with van der Waals surface area (Å²) >= 11 is 0. The van der Waals surface area contributed by atoms with E-state index in [1.165, 1.54) is 29.4 Å². The molecular formula is C23H19F6N3O2. The third-order valence-electron chi connectivity index (χ3n) is 5.87. The summed E-state index contributed by atoms with van der Waals surface area (Å²) in [5, 5.41) is 11.0. The van der Waals surface area contributed by atoms with Crippen LogP contribution in [0.25, 0.3) is 10.9 Å². The number of rotatable bonds is 3. The topological polar surface area (TPSA) is 66.3 Å². The Morgan fingerprint density at radius 3 is 2.47 bits per heavy atom. The summed E-state index contributed by atoms with van der Waals surface area (Å²) in [7, 11) is 0. The third-order valence-corrected chi connectivity index (χ3v) is 5.87. The number of carbonyl (C=O) groups excluding carboxylic acids is 1. The number of hydrogen-bond donors (Lipinski definition) is 1. The van der Waals surface area contributed by atoms with Gasteiger partial charge in [0, 0.05) is 24.3 Å². The maximum atomic E-state index is 13.6. The number of aliphatic hydroxyl groups excluding tert-OH is 1. The minimum absolute atomic E-state index is 0.233. The minimum Gasteiger partial charge on any atom is -0.386 e. The van der Waals surface area contributed by atoms with Gasteiger partial charge in [0.25, 0.3) is 5.91 Å². The first-order chi connectivity index (χ1) is 16.0. The minimum atomic E-state index is -5.04. The lowest BCUT2D eigenvalue weighted by atomic mass is 9.89. The van der Waals surface area contributed by atoms with E-state index in [-0.39, 0.29) is 29.5 Å². The maximum Gasteiger partial charge on any atom is 0.433 e. The molecule has 2 atom stereocenters. The fraction of sp³-hybridized carbons (Fsp3) is 0.348. The van der Waals surface area contributed by atoms with Crippen molar-refractivity contribution in [3.63, 3.8) is 0 Å².